The molecule has 0 saturated carbocycles. The van der Waals surface area contributed by atoms with Crippen molar-refractivity contribution in [1.82, 2.24) is 0 Å². The number of hydrogen-bond acceptors (Lipinski definition) is 2. The second-order valence-electron chi connectivity index (χ2n) is 4.22. The third kappa shape index (κ3) is 4.23. The van der Waals surface area contributed by atoms with Crippen molar-refractivity contribution in [1.29, 1.82) is 0 Å². The Labute approximate surface area is 104 Å². The molecule has 0 aromatic heterocycles. The Balaban J connectivity index is 3.26. The minimum Gasteiger partial charge on any atom is -0.283 e. The Morgan fingerprint density at radius 3 is 2.59 bits per heavy atom. The average Bonchev–Trinajstić information content (AvgIpc) is 2.19. The highest BCUT2D eigenvalue weighted by Gasteiger charge is 2.08. The maximum atomic E-state index is 11.3. The van der Waals surface area contributed by atoms with E-state index in [1.54, 1.807) is 6.07 Å². The van der Waals surface area contributed by atoms with Gasteiger partial charge in [0.15, 0.2) is 0 Å². The van der Waals surface area contributed by atoms with E-state index in [4.69, 9.17) is 0 Å². The van der Waals surface area contributed by atoms with Crippen LogP contribution in [0.15, 0.2) is 24.3 Å². The number of rotatable bonds is 4. The molecule has 94 valence electrons. The van der Waals surface area contributed by atoms with Crippen LogP contribution in [0.1, 0.15) is 31.4 Å². The van der Waals surface area contributed by atoms with Gasteiger partial charge in [0.25, 0.3) is 0 Å². The normalized spacial score (nSPS) is 12.6. The molecule has 1 aromatic carbocycles. The van der Waals surface area contributed by atoms with Gasteiger partial charge in [-0.05, 0) is 38.0 Å². The lowest BCUT2D eigenvalue weighted by Gasteiger charge is -2.12. The minimum absolute atomic E-state index is 0.639. The number of anilines is 1. The number of sulfonamides is 1. The van der Waals surface area contributed by atoms with Gasteiger partial charge >= 0.3 is 0 Å². The molecule has 1 N–H and O–H groups in total. The molecule has 17 heavy (non-hydrogen) atoms. The van der Waals surface area contributed by atoms with E-state index in [0.717, 1.165) is 29.4 Å². The molecular formula is C13H19NO2S. The highest BCUT2D eigenvalue weighted by Crippen LogP contribution is 2.26. The first kappa shape index (κ1) is 13.8. The summed E-state index contributed by atoms with van der Waals surface area (Å²) in [4.78, 5) is 0. The van der Waals surface area contributed by atoms with E-state index in [2.05, 4.69) is 17.7 Å². The summed E-state index contributed by atoms with van der Waals surface area (Å²) >= 11 is 0. The summed E-state index contributed by atoms with van der Waals surface area (Å²) in [5, 5.41) is 0. The number of benzene rings is 1. The zero-order valence-corrected chi connectivity index (χ0v) is 11.6. The fraction of sp³-hybridized carbons (Fsp3) is 0.385. The summed E-state index contributed by atoms with van der Waals surface area (Å²) in [5.41, 5.74) is 3.78. The SMILES string of the molecule is CC/C=C(\C)c1cc(C)ccc1NS(C)(=O)=O. The molecule has 1 rings (SSSR count). The van der Waals surface area contributed by atoms with Gasteiger partial charge < -0.3 is 0 Å². The van der Waals surface area contributed by atoms with Crippen molar-refractivity contribution in [3.05, 3.63) is 35.4 Å². The second-order valence-corrected chi connectivity index (χ2v) is 5.97. The van der Waals surface area contributed by atoms with Gasteiger partial charge in [0.1, 0.15) is 0 Å². The van der Waals surface area contributed by atoms with Crippen molar-refractivity contribution >= 4 is 21.3 Å². The first-order valence-corrected chi connectivity index (χ1v) is 7.48. The molecule has 1 aromatic rings. The van der Waals surface area contributed by atoms with Crippen molar-refractivity contribution in [3.63, 3.8) is 0 Å². The molecule has 4 heteroatoms. The van der Waals surface area contributed by atoms with Gasteiger partial charge in [-0.15, -0.1) is 0 Å². The van der Waals surface area contributed by atoms with Crippen molar-refractivity contribution in [2.24, 2.45) is 0 Å². The molecule has 3 nitrogen and oxygen atoms in total. The van der Waals surface area contributed by atoms with Gasteiger partial charge in [-0.1, -0.05) is 24.6 Å². The summed E-state index contributed by atoms with van der Waals surface area (Å²) in [6, 6.07) is 5.70. The van der Waals surface area contributed by atoms with Crippen molar-refractivity contribution < 1.29 is 8.42 Å². The van der Waals surface area contributed by atoms with E-state index >= 15 is 0 Å². The van der Waals surface area contributed by atoms with E-state index in [9.17, 15) is 8.42 Å². The summed E-state index contributed by atoms with van der Waals surface area (Å²) in [6.07, 6.45) is 4.18. The lowest BCUT2D eigenvalue weighted by Crippen LogP contribution is -2.11. The highest BCUT2D eigenvalue weighted by molar-refractivity contribution is 7.92. The third-order valence-electron chi connectivity index (χ3n) is 2.41. The molecule has 0 spiro atoms. The summed E-state index contributed by atoms with van der Waals surface area (Å²) in [5.74, 6) is 0. The molecule has 0 radical (unpaired) electrons. The van der Waals surface area contributed by atoms with Crippen LogP contribution in [0.25, 0.3) is 5.57 Å². The van der Waals surface area contributed by atoms with Crippen molar-refractivity contribution in [2.45, 2.75) is 27.2 Å². The van der Waals surface area contributed by atoms with Crippen LogP contribution >= 0.6 is 0 Å². The van der Waals surface area contributed by atoms with Crippen LogP contribution in [0, 0.1) is 6.92 Å². The maximum absolute atomic E-state index is 11.3. The van der Waals surface area contributed by atoms with Gasteiger partial charge in [0.2, 0.25) is 10.0 Å². The summed E-state index contributed by atoms with van der Waals surface area (Å²) in [7, 11) is -3.24. The molecule has 0 bridgehead atoms. The predicted octanol–water partition coefficient (Wildman–Crippen LogP) is 3.18. The van der Waals surface area contributed by atoms with Crippen LogP contribution in [0.4, 0.5) is 5.69 Å². The highest BCUT2D eigenvalue weighted by atomic mass is 32.2. The van der Waals surface area contributed by atoms with E-state index < -0.39 is 10.0 Å². The Bertz CT molecular complexity index is 530. The first-order valence-electron chi connectivity index (χ1n) is 5.59. The van der Waals surface area contributed by atoms with Gasteiger partial charge in [-0.3, -0.25) is 4.72 Å². The van der Waals surface area contributed by atoms with Crippen LogP contribution in [0.2, 0.25) is 0 Å². The second kappa shape index (κ2) is 5.36. The zero-order valence-electron chi connectivity index (χ0n) is 10.7. The molecule has 0 atom stereocenters. The molecule has 0 saturated heterocycles. The van der Waals surface area contributed by atoms with Gasteiger partial charge in [-0.25, -0.2) is 8.42 Å². The number of nitrogens with one attached hydrogen (secondary N) is 1. The number of aryl methyl sites for hydroxylation is 1. The first-order chi connectivity index (χ1) is 7.83. The van der Waals surface area contributed by atoms with Crippen LogP contribution in [-0.2, 0) is 10.0 Å². The number of allylic oxidation sites excluding steroid dienone is 2. The van der Waals surface area contributed by atoms with Crippen molar-refractivity contribution in [2.75, 3.05) is 11.0 Å². The third-order valence-corrected chi connectivity index (χ3v) is 3.00. The van der Waals surface area contributed by atoms with E-state index in [0.29, 0.717) is 5.69 Å². The molecule has 0 heterocycles. The van der Waals surface area contributed by atoms with Crippen LogP contribution < -0.4 is 4.72 Å². The number of hydrogen-bond donors (Lipinski definition) is 1. The fourth-order valence-corrected chi connectivity index (χ4v) is 2.27. The molecule has 0 amide bonds. The van der Waals surface area contributed by atoms with Gasteiger partial charge in [-0.2, -0.15) is 0 Å². The lowest BCUT2D eigenvalue weighted by atomic mass is 10.0. The Morgan fingerprint density at radius 1 is 1.41 bits per heavy atom. The fourth-order valence-electron chi connectivity index (χ4n) is 1.69. The topological polar surface area (TPSA) is 46.2 Å². The van der Waals surface area contributed by atoms with E-state index in [1.807, 2.05) is 26.0 Å². The van der Waals surface area contributed by atoms with Crippen LogP contribution in [0.3, 0.4) is 0 Å². The van der Waals surface area contributed by atoms with E-state index in [1.165, 1.54) is 0 Å². The molecular weight excluding hydrogens is 234 g/mol. The van der Waals surface area contributed by atoms with Crippen LogP contribution in [0.5, 0.6) is 0 Å². The lowest BCUT2D eigenvalue weighted by molar-refractivity contribution is 0.607. The summed E-state index contributed by atoms with van der Waals surface area (Å²) in [6.45, 7) is 6.04. The molecule has 0 aliphatic carbocycles. The zero-order chi connectivity index (χ0) is 13.1. The molecule has 0 fully saturated rings. The molecule has 0 aliphatic rings. The summed E-state index contributed by atoms with van der Waals surface area (Å²) < 4.78 is 25.1. The minimum atomic E-state index is -3.24. The monoisotopic (exact) mass is 253 g/mol. The quantitative estimate of drug-likeness (QED) is 0.895. The Morgan fingerprint density at radius 2 is 2.06 bits per heavy atom. The standard InChI is InChI=1S/C13H19NO2S/c1-5-6-11(3)12-9-10(2)7-8-13(12)14-17(4,15)16/h6-9,14H,5H2,1-4H3/b11-6+. The average molecular weight is 253 g/mol. The van der Waals surface area contributed by atoms with Gasteiger partial charge in [0, 0.05) is 5.56 Å². The van der Waals surface area contributed by atoms with Crippen LogP contribution in [-0.4, -0.2) is 14.7 Å². The van der Waals surface area contributed by atoms with Gasteiger partial charge in [0.05, 0.1) is 11.9 Å². The Kier molecular flexibility index (Phi) is 4.34. The smallest absolute Gasteiger partial charge is 0.229 e. The van der Waals surface area contributed by atoms with Crippen molar-refractivity contribution in [3.8, 4) is 0 Å². The molecule has 0 unspecified atom stereocenters. The largest absolute Gasteiger partial charge is 0.283 e. The maximum Gasteiger partial charge on any atom is 0.229 e. The van der Waals surface area contributed by atoms with E-state index in [-0.39, 0.29) is 0 Å². The Hall–Kier alpha value is -1.29. The molecule has 0 aliphatic heterocycles. The predicted molar refractivity (Wildman–Crippen MR) is 73.6 cm³/mol.